The van der Waals surface area contributed by atoms with Gasteiger partial charge in [0.2, 0.25) is 0 Å². The molecule has 1 heterocycles. The molecule has 3 heteroatoms. The van der Waals surface area contributed by atoms with E-state index in [-0.39, 0.29) is 0 Å². The molecule has 1 aliphatic rings. The van der Waals surface area contributed by atoms with Crippen LogP contribution in [0.5, 0.6) is 0 Å². The Bertz CT molecular complexity index is 402. The van der Waals surface area contributed by atoms with E-state index < -0.39 is 0 Å². The van der Waals surface area contributed by atoms with Crippen molar-refractivity contribution in [1.82, 2.24) is 9.78 Å². The van der Waals surface area contributed by atoms with Crippen LogP contribution in [0.4, 0.5) is 0 Å². The van der Waals surface area contributed by atoms with E-state index in [2.05, 4.69) is 36.6 Å². The summed E-state index contributed by atoms with van der Waals surface area (Å²) < 4.78 is 2.14. The zero-order chi connectivity index (χ0) is 14.5. The number of nitrogens with two attached hydrogens (primary N) is 1. The van der Waals surface area contributed by atoms with Crippen LogP contribution >= 0.6 is 0 Å². The van der Waals surface area contributed by atoms with Crippen LogP contribution in [-0.4, -0.2) is 15.8 Å². The van der Waals surface area contributed by atoms with Gasteiger partial charge < -0.3 is 5.73 Å². The zero-order valence-electron chi connectivity index (χ0n) is 13.4. The predicted octanol–water partition coefficient (Wildman–Crippen LogP) is 3.55. The molecule has 1 aliphatic carbocycles. The van der Waals surface area contributed by atoms with Gasteiger partial charge in [-0.3, -0.25) is 4.68 Å². The van der Waals surface area contributed by atoms with Gasteiger partial charge in [-0.05, 0) is 44.1 Å². The van der Waals surface area contributed by atoms with Crippen molar-refractivity contribution in [3.8, 4) is 0 Å². The van der Waals surface area contributed by atoms with E-state index in [1.807, 2.05) is 0 Å². The lowest BCUT2D eigenvalue weighted by molar-refractivity contribution is 0.236. The third-order valence-corrected chi connectivity index (χ3v) is 5.09. The van der Waals surface area contributed by atoms with Gasteiger partial charge in [-0.15, -0.1) is 0 Å². The minimum Gasteiger partial charge on any atom is -0.327 e. The molecular formula is C17H31N3. The van der Waals surface area contributed by atoms with E-state index in [4.69, 9.17) is 5.73 Å². The van der Waals surface area contributed by atoms with E-state index in [9.17, 15) is 0 Å². The average molecular weight is 277 g/mol. The summed E-state index contributed by atoms with van der Waals surface area (Å²) in [6.07, 6.45) is 8.73. The van der Waals surface area contributed by atoms with E-state index in [1.54, 1.807) is 0 Å². The molecule has 1 aromatic rings. The van der Waals surface area contributed by atoms with Crippen LogP contribution in [0.1, 0.15) is 64.3 Å². The maximum atomic E-state index is 6.50. The second-order valence-corrected chi connectivity index (χ2v) is 6.35. The molecule has 0 aromatic carbocycles. The van der Waals surface area contributed by atoms with Gasteiger partial charge in [0.25, 0.3) is 0 Å². The van der Waals surface area contributed by atoms with Crippen molar-refractivity contribution >= 4 is 0 Å². The molecule has 0 spiro atoms. The Morgan fingerprint density at radius 1 is 1.25 bits per heavy atom. The highest BCUT2D eigenvalue weighted by Crippen LogP contribution is 2.32. The molecule has 1 atom stereocenters. The maximum Gasteiger partial charge on any atom is 0.0624 e. The SMILES string of the molecule is CCc1cc(CC(N)C2CCC(CC)CC2)n(CC)n1. The van der Waals surface area contributed by atoms with E-state index >= 15 is 0 Å². The normalized spacial score (nSPS) is 24.8. The first-order chi connectivity index (χ1) is 9.67. The van der Waals surface area contributed by atoms with Crippen LogP contribution in [0.25, 0.3) is 0 Å². The Hall–Kier alpha value is -0.830. The Morgan fingerprint density at radius 2 is 1.95 bits per heavy atom. The molecule has 0 bridgehead atoms. The van der Waals surface area contributed by atoms with E-state index in [1.165, 1.54) is 43.5 Å². The molecular weight excluding hydrogens is 246 g/mol. The summed E-state index contributed by atoms with van der Waals surface area (Å²) >= 11 is 0. The van der Waals surface area contributed by atoms with E-state index in [0.29, 0.717) is 12.0 Å². The number of aromatic nitrogens is 2. The lowest BCUT2D eigenvalue weighted by Crippen LogP contribution is -2.35. The van der Waals surface area contributed by atoms with E-state index in [0.717, 1.165) is 25.3 Å². The first kappa shape index (κ1) is 15.6. The minimum absolute atomic E-state index is 0.305. The van der Waals surface area contributed by atoms with Crippen molar-refractivity contribution in [3.63, 3.8) is 0 Å². The summed E-state index contributed by atoms with van der Waals surface area (Å²) in [4.78, 5) is 0. The molecule has 20 heavy (non-hydrogen) atoms. The number of aryl methyl sites for hydroxylation is 2. The van der Waals surface area contributed by atoms with Gasteiger partial charge in [0.1, 0.15) is 0 Å². The van der Waals surface area contributed by atoms with Crippen molar-refractivity contribution in [2.45, 2.75) is 78.3 Å². The van der Waals surface area contributed by atoms with Gasteiger partial charge in [0.15, 0.2) is 0 Å². The Balaban J connectivity index is 1.94. The van der Waals surface area contributed by atoms with Crippen LogP contribution in [0.3, 0.4) is 0 Å². The first-order valence-electron chi connectivity index (χ1n) is 8.49. The monoisotopic (exact) mass is 277 g/mol. The first-order valence-corrected chi connectivity index (χ1v) is 8.49. The predicted molar refractivity (Wildman–Crippen MR) is 84.7 cm³/mol. The lowest BCUT2D eigenvalue weighted by Gasteiger charge is -2.31. The fourth-order valence-corrected chi connectivity index (χ4v) is 3.56. The summed E-state index contributed by atoms with van der Waals surface area (Å²) in [5.41, 5.74) is 9.03. The molecule has 1 fully saturated rings. The van der Waals surface area contributed by atoms with Crippen molar-refractivity contribution in [2.75, 3.05) is 0 Å². The highest BCUT2D eigenvalue weighted by atomic mass is 15.3. The van der Waals surface area contributed by atoms with Crippen LogP contribution in [0, 0.1) is 11.8 Å². The van der Waals surface area contributed by atoms with Gasteiger partial charge in [-0.1, -0.05) is 33.1 Å². The van der Waals surface area contributed by atoms with Crippen molar-refractivity contribution in [3.05, 3.63) is 17.5 Å². The van der Waals surface area contributed by atoms with Gasteiger partial charge in [-0.2, -0.15) is 5.10 Å². The number of hydrogen-bond donors (Lipinski definition) is 1. The van der Waals surface area contributed by atoms with Crippen molar-refractivity contribution in [2.24, 2.45) is 17.6 Å². The fraction of sp³-hybridized carbons (Fsp3) is 0.824. The quantitative estimate of drug-likeness (QED) is 0.864. The van der Waals surface area contributed by atoms with Crippen LogP contribution in [0.2, 0.25) is 0 Å². The third-order valence-electron chi connectivity index (χ3n) is 5.09. The van der Waals surface area contributed by atoms with Gasteiger partial charge in [-0.25, -0.2) is 0 Å². The van der Waals surface area contributed by atoms with Crippen LogP contribution in [-0.2, 0) is 19.4 Å². The Labute approximate surface area is 123 Å². The molecule has 0 saturated heterocycles. The van der Waals surface area contributed by atoms with Gasteiger partial charge in [0.05, 0.1) is 5.69 Å². The van der Waals surface area contributed by atoms with Crippen LogP contribution in [0.15, 0.2) is 6.07 Å². The van der Waals surface area contributed by atoms with Crippen LogP contribution < -0.4 is 5.73 Å². The molecule has 114 valence electrons. The Morgan fingerprint density at radius 3 is 2.50 bits per heavy atom. The van der Waals surface area contributed by atoms with Gasteiger partial charge >= 0.3 is 0 Å². The molecule has 0 radical (unpaired) electrons. The van der Waals surface area contributed by atoms with Crippen molar-refractivity contribution in [1.29, 1.82) is 0 Å². The minimum atomic E-state index is 0.305. The standard InChI is InChI=1S/C17H31N3/c1-4-13-7-9-14(10-8-13)17(18)12-16-11-15(5-2)19-20(16)6-3/h11,13-14,17H,4-10,12,18H2,1-3H3. The number of hydrogen-bond acceptors (Lipinski definition) is 2. The van der Waals surface area contributed by atoms with Crippen molar-refractivity contribution < 1.29 is 0 Å². The smallest absolute Gasteiger partial charge is 0.0624 e. The molecule has 1 unspecified atom stereocenters. The Kier molecular flexibility index (Phi) is 5.64. The molecule has 0 aliphatic heterocycles. The van der Waals surface area contributed by atoms with Gasteiger partial charge in [0, 0.05) is 24.7 Å². The average Bonchev–Trinajstić information content (AvgIpc) is 2.89. The second kappa shape index (κ2) is 7.26. The molecule has 1 aromatic heterocycles. The molecule has 2 N–H and O–H groups in total. The molecule has 2 rings (SSSR count). The zero-order valence-corrected chi connectivity index (χ0v) is 13.4. The molecule has 1 saturated carbocycles. The summed E-state index contributed by atoms with van der Waals surface area (Å²) in [6.45, 7) is 7.59. The highest BCUT2D eigenvalue weighted by Gasteiger charge is 2.25. The largest absolute Gasteiger partial charge is 0.327 e. The third kappa shape index (κ3) is 3.63. The summed E-state index contributed by atoms with van der Waals surface area (Å²) in [5, 5.41) is 4.63. The molecule has 3 nitrogen and oxygen atoms in total. The summed E-state index contributed by atoms with van der Waals surface area (Å²) in [6, 6.07) is 2.56. The maximum absolute atomic E-state index is 6.50. The number of rotatable bonds is 6. The highest BCUT2D eigenvalue weighted by molar-refractivity contribution is 5.12. The molecule has 0 amide bonds. The fourth-order valence-electron chi connectivity index (χ4n) is 3.56. The summed E-state index contributed by atoms with van der Waals surface area (Å²) in [5.74, 6) is 1.66. The topological polar surface area (TPSA) is 43.8 Å². The lowest BCUT2D eigenvalue weighted by atomic mass is 9.77. The number of nitrogens with zero attached hydrogens (tertiary/aromatic N) is 2. The second-order valence-electron chi connectivity index (χ2n) is 6.35. The summed E-state index contributed by atoms with van der Waals surface area (Å²) in [7, 11) is 0.